The number of urea groups is 1. The molecule has 3 aromatic carbocycles. The minimum absolute atomic E-state index is 0.296. The molecular weight excluding hydrogens is 400 g/mol. The number of fused-ring (bicyclic) bond motifs is 4. The van der Waals surface area contributed by atoms with E-state index in [1.165, 1.54) is 4.90 Å². The van der Waals surface area contributed by atoms with Crippen LogP contribution in [0.1, 0.15) is 53.4 Å². The summed E-state index contributed by atoms with van der Waals surface area (Å²) in [6.45, 7) is 5.98. The van der Waals surface area contributed by atoms with Crippen molar-refractivity contribution in [2.24, 2.45) is 0 Å². The maximum absolute atomic E-state index is 14.0. The number of imide groups is 1. The lowest BCUT2D eigenvalue weighted by molar-refractivity contribution is 0.00268. The van der Waals surface area contributed by atoms with Gasteiger partial charge in [-0.2, -0.15) is 0 Å². The molecule has 0 unspecified atom stereocenters. The van der Waals surface area contributed by atoms with E-state index in [0.29, 0.717) is 17.7 Å². The Kier molecular flexibility index (Phi) is 4.77. The lowest BCUT2D eigenvalue weighted by Gasteiger charge is -2.53. The monoisotopic (exact) mass is 426 g/mol. The molecule has 0 radical (unpaired) electrons. The van der Waals surface area contributed by atoms with Gasteiger partial charge in [0.1, 0.15) is 5.75 Å². The molecule has 1 saturated heterocycles. The van der Waals surface area contributed by atoms with Crippen LogP contribution in [-0.4, -0.2) is 22.6 Å². The zero-order valence-electron chi connectivity index (χ0n) is 18.5. The summed E-state index contributed by atoms with van der Waals surface area (Å²) >= 11 is 0. The number of hydrogen-bond donors (Lipinski definition) is 0. The van der Waals surface area contributed by atoms with Crippen LogP contribution in [-0.2, 0) is 6.42 Å². The highest BCUT2D eigenvalue weighted by atomic mass is 16.5. The number of para-hydroxylation sites is 1. The lowest BCUT2D eigenvalue weighted by atomic mass is 9.88. The third-order valence-corrected chi connectivity index (χ3v) is 6.46. The second-order valence-electron chi connectivity index (χ2n) is 8.72. The van der Waals surface area contributed by atoms with Gasteiger partial charge in [-0.05, 0) is 56.2 Å². The molecule has 2 aliphatic heterocycles. The summed E-state index contributed by atoms with van der Waals surface area (Å²) in [6.07, 6.45) is 1.34. The predicted octanol–water partition coefficient (Wildman–Crippen LogP) is 5.88. The molecule has 2 atom stereocenters. The first-order chi connectivity index (χ1) is 15.4. The average molecular weight is 427 g/mol. The van der Waals surface area contributed by atoms with Gasteiger partial charge >= 0.3 is 6.03 Å². The van der Waals surface area contributed by atoms with Crippen LogP contribution >= 0.6 is 0 Å². The Balaban J connectivity index is 1.66. The van der Waals surface area contributed by atoms with E-state index in [1.54, 1.807) is 17.0 Å². The van der Waals surface area contributed by atoms with Gasteiger partial charge in [-0.15, -0.1) is 0 Å². The van der Waals surface area contributed by atoms with Crippen molar-refractivity contribution in [1.29, 1.82) is 0 Å². The smallest absolute Gasteiger partial charge is 0.335 e. The molecule has 0 aliphatic carbocycles. The van der Waals surface area contributed by atoms with E-state index in [2.05, 4.69) is 6.92 Å². The Morgan fingerprint density at radius 3 is 2.56 bits per heavy atom. The first kappa shape index (κ1) is 20.3. The fourth-order valence-electron chi connectivity index (χ4n) is 4.77. The van der Waals surface area contributed by atoms with Crippen molar-refractivity contribution in [3.63, 3.8) is 0 Å². The maximum atomic E-state index is 14.0. The molecule has 3 aromatic rings. The van der Waals surface area contributed by atoms with E-state index in [-0.39, 0.29) is 11.9 Å². The minimum Gasteiger partial charge on any atom is -0.467 e. The van der Waals surface area contributed by atoms with Crippen LogP contribution in [0.25, 0.3) is 0 Å². The molecule has 2 aliphatic rings. The third-order valence-electron chi connectivity index (χ3n) is 6.46. The first-order valence-electron chi connectivity index (χ1n) is 11.0. The highest BCUT2D eigenvalue weighted by molar-refractivity contribution is 6.10. The molecule has 3 amide bonds. The molecule has 0 N–H and O–H groups in total. The summed E-state index contributed by atoms with van der Waals surface area (Å²) in [5, 5.41) is 0. The number of nitrogens with zero attached hydrogens (tertiary/aromatic N) is 2. The van der Waals surface area contributed by atoms with Crippen LogP contribution in [0.2, 0.25) is 0 Å². The largest absolute Gasteiger partial charge is 0.467 e. The van der Waals surface area contributed by atoms with Crippen LogP contribution in [0, 0.1) is 6.92 Å². The van der Waals surface area contributed by atoms with Crippen LogP contribution in [0.15, 0.2) is 72.8 Å². The normalized spacial score (nSPS) is 21.7. The van der Waals surface area contributed by atoms with Crippen molar-refractivity contribution in [2.45, 2.75) is 45.4 Å². The molecule has 2 bridgehead atoms. The Morgan fingerprint density at radius 2 is 1.81 bits per heavy atom. The molecule has 0 aromatic heterocycles. The quantitative estimate of drug-likeness (QED) is 0.525. The van der Waals surface area contributed by atoms with Crippen LogP contribution in [0.4, 0.5) is 10.5 Å². The molecular formula is C27H26N2O3. The second kappa shape index (κ2) is 7.52. The third kappa shape index (κ3) is 3.16. The molecule has 5 nitrogen and oxygen atoms in total. The number of ether oxygens (including phenoxy) is 1. The number of benzene rings is 3. The van der Waals surface area contributed by atoms with E-state index in [9.17, 15) is 9.59 Å². The van der Waals surface area contributed by atoms with Gasteiger partial charge in [-0.1, -0.05) is 55.0 Å². The van der Waals surface area contributed by atoms with Gasteiger partial charge in [0.05, 0.1) is 6.04 Å². The summed E-state index contributed by atoms with van der Waals surface area (Å²) in [6, 6.07) is 22.2. The molecule has 162 valence electrons. The lowest BCUT2D eigenvalue weighted by Crippen LogP contribution is -2.67. The van der Waals surface area contributed by atoms with Crippen molar-refractivity contribution in [3.8, 4) is 5.75 Å². The van der Waals surface area contributed by atoms with Gasteiger partial charge in [-0.25, -0.2) is 4.79 Å². The Bertz CT molecular complexity index is 1200. The van der Waals surface area contributed by atoms with Gasteiger partial charge in [0.25, 0.3) is 5.91 Å². The fourth-order valence-corrected chi connectivity index (χ4v) is 4.77. The van der Waals surface area contributed by atoms with E-state index in [4.69, 9.17) is 4.74 Å². The summed E-state index contributed by atoms with van der Waals surface area (Å²) in [5.41, 5.74) is 3.38. The molecule has 5 rings (SSSR count). The molecule has 0 spiro atoms. The van der Waals surface area contributed by atoms with Gasteiger partial charge in [0.15, 0.2) is 5.72 Å². The molecule has 32 heavy (non-hydrogen) atoms. The van der Waals surface area contributed by atoms with Crippen molar-refractivity contribution < 1.29 is 14.3 Å². The topological polar surface area (TPSA) is 49.9 Å². The first-order valence-corrected chi connectivity index (χ1v) is 11.0. The van der Waals surface area contributed by atoms with Gasteiger partial charge in [0, 0.05) is 23.2 Å². The maximum Gasteiger partial charge on any atom is 0.335 e. The van der Waals surface area contributed by atoms with Crippen LogP contribution in [0.5, 0.6) is 5.75 Å². The molecule has 0 saturated carbocycles. The average Bonchev–Trinajstić information content (AvgIpc) is 2.79. The number of rotatable bonds is 3. The Morgan fingerprint density at radius 1 is 1.06 bits per heavy atom. The van der Waals surface area contributed by atoms with E-state index < -0.39 is 11.8 Å². The fraction of sp³-hybridized carbons (Fsp3) is 0.259. The summed E-state index contributed by atoms with van der Waals surface area (Å²) < 4.78 is 6.42. The number of amides is 3. The Labute approximate surface area is 188 Å². The Hall–Kier alpha value is -3.60. The van der Waals surface area contributed by atoms with E-state index in [1.807, 2.05) is 74.5 Å². The van der Waals surface area contributed by atoms with Gasteiger partial charge in [0.2, 0.25) is 0 Å². The highest BCUT2D eigenvalue weighted by Crippen LogP contribution is 2.49. The zero-order valence-corrected chi connectivity index (χ0v) is 18.5. The predicted molar refractivity (Wildman–Crippen MR) is 124 cm³/mol. The number of carbonyl (C=O) groups excluding carboxylic acids is 2. The molecule has 1 fully saturated rings. The summed E-state index contributed by atoms with van der Waals surface area (Å²) in [7, 11) is 0. The summed E-state index contributed by atoms with van der Waals surface area (Å²) in [4.78, 5) is 30.7. The van der Waals surface area contributed by atoms with Crippen molar-refractivity contribution in [2.75, 3.05) is 4.90 Å². The van der Waals surface area contributed by atoms with Crippen LogP contribution < -0.4 is 9.64 Å². The molecule has 2 heterocycles. The number of anilines is 1. The van der Waals surface area contributed by atoms with E-state index >= 15 is 0 Å². The molecule has 5 heteroatoms. The zero-order chi connectivity index (χ0) is 22.5. The minimum atomic E-state index is -0.896. The summed E-state index contributed by atoms with van der Waals surface area (Å²) in [5.74, 6) is 0.410. The van der Waals surface area contributed by atoms with Crippen molar-refractivity contribution in [3.05, 3.63) is 95.1 Å². The number of carbonyl (C=O) groups is 2. The highest BCUT2D eigenvalue weighted by Gasteiger charge is 2.55. The van der Waals surface area contributed by atoms with Crippen molar-refractivity contribution >= 4 is 17.6 Å². The SMILES string of the molecule is CCc1cccc(N2C(=O)N(C(=O)c3ccc(C)cc3)[C@@H]3C[C@@]2(C)Oc2ccccc23)c1. The number of hydrogen-bond acceptors (Lipinski definition) is 3. The van der Waals surface area contributed by atoms with Gasteiger partial charge in [-0.3, -0.25) is 14.6 Å². The van der Waals surface area contributed by atoms with Crippen LogP contribution in [0.3, 0.4) is 0 Å². The van der Waals surface area contributed by atoms with Gasteiger partial charge < -0.3 is 4.74 Å². The van der Waals surface area contributed by atoms with Crippen molar-refractivity contribution in [1.82, 2.24) is 4.90 Å². The number of aryl methyl sites for hydroxylation is 2. The standard InChI is InChI=1S/C27H26N2O3/c1-4-19-8-7-9-21(16-19)29-26(31)28(25(30)20-14-12-18(2)13-15-20)23-17-27(29,3)32-24-11-6-5-10-22(23)24/h5-16,23H,4,17H2,1-3H3/t23-,27-/m1/s1. The second-order valence-corrected chi connectivity index (χ2v) is 8.72. The van der Waals surface area contributed by atoms with E-state index in [0.717, 1.165) is 28.8 Å².